The molecule has 0 bridgehead atoms. The van der Waals surface area contributed by atoms with Crippen molar-refractivity contribution in [3.8, 4) is 0 Å². The number of alkyl halides is 1. The van der Waals surface area contributed by atoms with Crippen LogP contribution in [0.25, 0.3) is 10.4 Å². The van der Waals surface area contributed by atoms with Crippen molar-refractivity contribution in [1.29, 1.82) is 0 Å². The Bertz CT molecular complexity index is 846. The van der Waals surface area contributed by atoms with Crippen LogP contribution < -0.4 is 0 Å². The summed E-state index contributed by atoms with van der Waals surface area (Å²) >= 11 is 7.21. The van der Waals surface area contributed by atoms with Crippen molar-refractivity contribution in [2.75, 3.05) is 0 Å². The molecule has 0 aliphatic heterocycles. The van der Waals surface area contributed by atoms with E-state index in [9.17, 15) is 5.53 Å². The van der Waals surface area contributed by atoms with Gasteiger partial charge in [-0.05, 0) is 28.6 Å². The van der Waals surface area contributed by atoms with Gasteiger partial charge in [0, 0.05) is 4.91 Å². The first-order chi connectivity index (χ1) is 12.2. The Balaban J connectivity index is 2.13. The highest BCUT2D eigenvalue weighted by atomic mass is 35.5. The molecule has 0 radical (unpaired) electrons. The maximum absolute atomic E-state index is 9.17. The summed E-state index contributed by atoms with van der Waals surface area (Å²) in [6.45, 7) is 0. The lowest BCUT2D eigenvalue weighted by atomic mass is 9.82. The Hall–Kier alpha value is -2.74. The molecule has 2 atom stereocenters. The number of benzene rings is 3. The Labute approximate surface area is 152 Å². The van der Waals surface area contributed by atoms with Crippen LogP contribution in [0.3, 0.4) is 0 Å². The molecule has 0 aromatic heterocycles. The monoisotopic (exact) mass is 347 g/mol. The van der Waals surface area contributed by atoms with E-state index >= 15 is 0 Å². The number of rotatable bonds is 6. The zero-order valence-corrected chi connectivity index (χ0v) is 14.4. The van der Waals surface area contributed by atoms with Crippen molar-refractivity contribution in [2.24, 2.45) is 5.11 Å². The highest BCUT2D eigenvalue weighted by molar-refractivity contribution is 6.24. The first kappa shape index (κ1) is 17.1. The van der Waals surface area contributed by atoms with Gasteiger partial charge in [0.05, 0.1) is 10.9 Å². The molecule has 0 saturated heterocycles. The Morgan fingerprint density at radius 1 is 0.840 bits per heavy atom. The number of hydrogen-bond donors (Lipinski definition) is 0. The molecule has 0 aliphatic rings. The van der Waals surface area contributed by atoms with Gasteiger partial charge < -0.3 is 0 Å². The SMILES string of the molecule is [N-]=[N+]=N[C@H](c1ccccc1)C(Cl)(Cc1ccccc1)c1ccccc1. The fourth-order valence-electron chi connectivity index (χ4n) is 3.07. The van der Waals surface area contributed by atoms with Gasteiger partial charge in [0.25, 0.3) is 0 Å². The molecular formula is C21H18ClN3. The van der Waals surface area contributed by atoms with E-state index in [0.717, 1.165) is 16.7 Å². The van der Waals surface area contributed by atoms with E-state index in [1.807, 2.05) is 91.0 Å². The Morgan fingerprint density at radius 2 is 1.36 bits per heavy atom. The molecule has 1 unspecified atom stereocenters. The lowest BCUT2D eigenvalue weighted by Crippen LogP contribution is -2.29. The third-order valence-electron chi connectivity index (χ3n) is 4.27. The van der Waals surface area contributed by atoms with Gasteiger partial charge >= 0.3 is 0 Å². The van der Waals surface area contributed by atoms with Gasteiger partial charge in [-0.15, -0.1) is 11.6 Å². The van der Waals surface area contributed by atoms with Crippen LogP contribution in [-0.4, -0.2) is 0 Å². The van der Waals surface area contributed by atoms with E-state index in [-0.39, 0.29) is 0 Å². The summed E-state index contributed by atoms with van der Waals surface area (Å²) in [7, 11) is 0. The molecule has 0 N–H and O–H groups in total. The second-order valence-corrected chi connectivity index (χ2v) is 6.58. The predicted octanol–water partition coefficient (Wildman–Crippen LogP) is 6.42. The highest BCUT2D eigenvalue weighted by Crippen LogP contribution is 2.46. The largest absolute Gasteiger partial charge is 0.113 e. The van der Waals surface area contributed by atoms with Crippen LogP contribution in [0.5, 0.6) is 0 Å². The summed E-state index contributed by atoms with van der Waals surface area (Å²) in [4.78, 5) is 2.21. The standard InChI is InChI=1S/C21H18ClN3/c22-21(19-14-8-3-9-15-19,16-17-10-4-1-5-11-17)20(24-25-23)18-12-6-2-7-13-18/h1-15,20H,16H2/t20-,21?/m1/s1. The summed E-state index contributed by atoms with van der Waals surface area (Å²) in [6.07, 6.45) is 0.554. The molecule has 0 amide bonds. The van der Waals surface area contributed by atoms with Crippen molar-refractivity contribution in [2.45, 2.75) is 17.3 Å². The van der Waals surface area contributed by atoms with Crippen molar-refractivity contribution in [1.82, 2.24) is 0 Å². The molecule has 0 saturated carbocycles. The molecule has 0 aliphatic carbocycles. The third kappa shape index (κ3) is 3.85. The lowest BCUT2D eigenvalue weighted by Gasteiger charge is -2.34. The van der Waals surface area contributed by atoms with Gasteiger partial charge in [0.15, 0.2) is 0 Å². The molecule has 3 aromatic carbocycles. The summed E-state index contributed by atoms with van der Waals surface area (Å²) in [5, 5.41) is 4.09. The van der Waals surface area contributed by atoms with E-state index < -0.39 is 10.9 Å². The molecule has 4 heteroatoms. The van der Waals surface area contributed by atoms with Crippen molar-refractivity contribution >= 4 is 11.6 Å². The van der Waals surface area contributed by atoms with E-state index in [4.69, 9.17) is 11.6 Å². The maximum atomic E-state index is 9.17. The smallest absolute Gasteiger partial charge is 0.0861 e. The highest BCUT2D eigenvalue weighted by Gasteiger charge is 2.39. The van der Waals surface area contributed by atoms with Gasteiger partial charge in [-0.2, -0.15) is 0 Å². The molecule has 3 rings (SSSR count). The molecule has 25 heavy (non-hydrogen) atoms. The Morgan fingerprint density at radius 3 is 1.92 bits per heavy atom. The quantitative estimate of drug-likeness (QED) is 0.214. The minimum Gasteiger partial charge on any atom is -0.113 e. The molecule has 3 nitrogen and oxygen atoms in total. The summed E-state index contributed by atoms with van der Waals surface area (Å²) in [5.41, 5.74) is 12.1. The van der Waals surface area contributed by atoms with Crippen LogP contribution in [0, 0.1) is 0 Å². The van der Waals surface area contributed by atoms with E-state index in [1.165, 1.54) is 0 Å². The van der Waals surface area contributed by atoms with Gasteiger partial charge in [0.2, 0.25) is 0 Å². The summed E-state index contributed by atoms with van der Waals surface area (Å²) in [5.74, 6) is 0. The van der Waals surface area contributed by atoms with Crippen molar-refractivity contribution in [3.05, 3.63) is 118 Å². The minimum absolute atomic E-state index is 0.525. The van der Waals surface area contributed by atoms with Crippen LogP contribution in [0.15, 0.2) is 96.1 Å². The second kappa shape index (κ2) is 7.89. The van der Waals surface area contributed by atoms with Crippen LogP contribution in [-0.2, 0) is 11.3 Å². The van der Waals surface area contributed by atoms with Gasteiger partial charge in [-0.1, -0.05) is 96.1 Å². The maximum Gasteiger partial charge on any atom is 0.0861 e. The predicted molar refractivity (Wildman–Crippen MR) is 102 cm³/mol. The number of azide groups is 1. The fourth-order valence-corrected chi connectivity index (χ4v) is 3.52. The third-order valence-corrected chi connectivity index (χ3v) is 4.83. The first-order valence-corrected chi connectivity index (χ1v) is 8.49. The summed E-state index contributed by atoms with van der Waals surface area (Å²) < 4.78 is 0. The van der Waals surface area contributed by atoms with Crippen LogP contribution in [0.2, 0.25) is 0 Å². The molecule has 0 spiro atoms. The summed E-state index contributed by atoms with van der Waals surface area (Å²) in [6, 6.07) is 29.0. The van der Waals surface area contributed by atoms with E-state index in [2.05, 4.69) is 10.0 Å². The van der Waals surface area contributed by atoms with Crippen molar-refractivity contribution in [3.63, 3.8) is 0 Å². The van der Waals surface area contributed by atoms with Crippen LogP contribution >= 0.6 is 11.6 Å². The fraction of sp³-hybridized carbons (Fsp3) is 0.143. The minimum atomic E-state index is -0.879. The Kier molecular flexibility index (Phi) is 5.39. The van der Waals surface area contributed by atoms with Crippen LogP contribution in [0.1, 0.15) is 22.7 Å². The number of hydrogen-bond acceptors (Lipinski definition) is 1. The molecule has 0 fully saturated rings. The molecular weight excluding hydrogens is 330 g/mol. The second-order valence-electron chi connectivity index (χ2n) is 5.91. The normalized spacial score (nSPS) is 14.1. The first-order valence-electron chi connectivity index (χ1n) is 8.11. The van der Waals surface area contributed by atoms with Gasteiger partial charge in [-0.25, -0.2) is 0 Å². The zero-order valence-electron chi connectivity index (χ0n) is 13.7. The van der Waals surface area contributed by atoms with Gasteiger partial charge in [-0.3, -0.25) is 0 Å². The molecule has 0 heterocycles. The van der Waals surface area contributed by atoms with E-state index in [0.29, 0.717) is 6.42 Å². The van der Waals surface area contributed by atoms with E-state index in [1.54, 1.807) is 0 Å². The zero-order chi connectivity index (χ0) is 17.5. The van der Waals surface area contributed by atoms with Crippen LogP contribution in [0.4, 0.5) is 0 Å². The number of halogens is 1. The lowest BCUT2D eigenvalue weighted by molar-refractivity contribution is 0.485. The molecule has 124 valence electrons. The average molecular weight is 348 g/mol. The average Bonchev–Trinajstić information content (AvgIpc) is 2.68. The number of nitrogens with zero attached hydrogens (tertiary/aromatic N) is 3. The topological polar surface area (TPSA) is 48.8 Å². The van der Waals surface area contributed by atoms with Gasteiger partial charge in [0.1, 0.15) is 0 Å². The molecule has 3 aromatic rings. The van der Waals surface area contributed by atoms with Crippen molar-refractivity contribution < 1.29 is 0 Å².